The van der Waals surface area contributed by atoms with Crippen molar-refractivity contribution in [2.45, 2.75) is 31.5 Å². The molecule has 2 fully saturated rings. The van der Waals surface area contributed by atoms with Gasteiger partial charge in [0.15, 0.2) is 17.2 Å². The summed E-state index contributed by atoms with van der Waals surface area (Å²) in [5.41, 5.74) is 5.91. The molecule has 1 aliphatic carbocycles. The van der Waals surface area contributed by atoms with Gasteiger partial charge < -0.3 is 19.6 Å². The molecule has 9 heteroatoms. The number of fused-ring (bicyclic) bond motifs is 1. The second-order valence-electron chi connectivity index (χ2n) is 9.37. The summed E-state index contributed by atoms with van der Waals surface area (Å²) in [4.78, 5) is 28.2. The molecule has 0 bridgehead atoms. The molecule has 6 rings (SSSR count). The molecule has 0 saturated carbocycles. The van der Waals surface area contributed by atoms with Crippen molar-refractivity contribution >= 4 is 17.3 Å². The van der Waals surface area contributed by atoms with Crippen LogP contribution in [0, 0.1) is 5.21 Å². The van der Waals surface area contributed by atoms with E-state index in [4.69, 9.17) is 9.47 Å². The molecule has 1 unspecified atom stereocenters. The maximum Gasteiger partial charge on any atom is 0.217 e. The molecule has 2 saturated heterocycles. The Labute approximate surface area is 203 Å². The number of carbonyl (C=O) groups is 2. The van der Waals surface area contributed by atoms with E-state index in [2.05, 4.69) is 34.6 Å². The van der Waals surface area contributed by atoms with E-state index in [1.165, 1.54) is 10.7 Å². The smallest absolute Gasteiger partial charge is 0.217 e. The Morgan fingerprint density at radius 1 is 0.943 bits per heavy atom. The summed E-state index contributed by atoms with van der Waals surface area (Å²) >= 11 is 0. The van der Waals surface area contributed by atoms with Crippen molar-refractivity contribution in [2.75, 3.05) is 37.7 Å². The number of aryl methyl sites for hydroxylation is 1. The van der Waals surface area contributed by atoms with E-state index >= 15 is 0 Å². The molecule has 3 heterocycles. The zero-order chi connectivity index (χ0) is 24.0. The first-order valence-corrected chi connectivity index (χ1v) is 12.2. The van der Waals surface area contributed by atoms with Crippen LogP contribution >= 0.6 is 0 Å². The fourth-order valence-corrected chi connectivity index (χ4v) is 5.43. The summed E-state index contributed by atoms with van der Waals surface area (Å²) in [6.07, 6.45) is 3.18. The van der Waals surface area contributed by atoms with Gasteiger partial charge in [0, 0.05) is 42.7 Å². The van der Waals surface area contributed by atoms with Crippen LogP contribution in [0.5, 0.6) is 0 Å². The van der Waals surface area contributed by atoms with Gasteiger partial charge in [-0.25, -0.2) is 5.43 Å². The van der Waals surface area contributed by atoms with Gasteiger partial charge in [-0.1, -0.05) is 36.4 Å². The molecule has 4 aliphatic rings. The molecular formula is C26H28N4O5. The average molecular weight is 477 g/mol. The number of hydrogen-bond acceptors (Lipinski definition) is 8. The third kappa shape index (κ3) is 3.90. The SMILES string of the molecule is O=C1C2=C(C(=O)c3ccccc31)N(CCCc1ccc(N3CCC4(CC3)OCCO4)cc1)[NH+]([O-])N2. The van der Waals surface area contributed by atoms with Gasteiger partial charge in [0.2, 0.25) is 11.6 Å². The van der Waals surface area contributed by atoms with Crippen molar-refractivity contribution < 1.29 is 24.3 Å². The normalized spacial score (nSPS) is 23.1. The van der Waals surface area contributed by atoms with Gasteiger partial charge >= 0.3 is 0 Å². The fourth-order valence-electron chi connectivity index (χ4n) is 5.43. The van der Waals surface area contributed by atoms with Gasteiger partial charge in [-0.3, -0.25) is 9.59 Å². The maximum atomic E-state index is 13.0. The minimum Gasteiger partial charge on any atom is -0.582 e. The van der Waals surface area contributed by atoms with Crippen molar-refractivity contribution in [3.63, 3.8) is 0 Å². The number of rotatable bonds is 5. The topological polar surface area (TPSA) is 98.6 Å². The first-order chi connectivity index (χ1) is 17.0. The lowest BCUT2D eigenvalue weighted by atomic mass is 9.90. The first kappa shape index (κ1) is 22.2. The highest BCUT2D eigenvalue weighted by Crippen LogP contribution is 2.33. The summed E-state index contributed by atoms with van der Waals surface area (Å²) in [6, 6.07) is 15.2. The van der Waals surface area contributed by atoms with E-state index in [0.29, 0.717) is 37.3 Å². The van der Waals surface area contributed by atoms with Crippen LogP contribution in [0.2, 0.25) is 0 Å². The Bertz CT molecular complexity index is 1180. The number of anilines is 1. The van der Waals surface area contributed by atoms with E-state index in [0.717, 1.165) is 37.9 Å². The third-order valence-corrected chi connectivity index (χ3v) is 7.33. The highest BCUT2D eigenvalue weighted by atomic mass is 16.7. The number of nitrogens with zero attached hydrogens (tertiary/aromatic N) is 2. The predicted octanol–water partition coefficient (Wildman–Crippen LogP) is 1.37. The molecule has 0 amide bonds. The Hall–Kier alpha value is -3.24. The second kappa shape index (κ2) is 8.76. The van der Waals surface area contributed by atoms with Crippen LogP contribution in [0.3, 0.4) is 0 Å². The van der Waals surface area contributed by atoms with Crippen molar-refractivity contribution in [3.8, 4) is 0 Å². The van der Waals surface area contributed by atoms with Gasteiger partial charge in [-0.15, -0.1) is 0 Å². The molecule has 35 heavy (non-hydrogen) atoms. The Morgan fingerprint density at radius 3 is 2.29 bits per heavy atom. The number of nitrogens with one attached hydrogen (secondary N) is 2. The number of ether oxygens (including phenoxy) is 2. The molecule has 182 valence electrons. The third-order valence-electron chi connectivity index (χ3n) is 7.33. The highest BCUT2D eigenvalue weighted by Gasteiger charge is 2.43. The molecule has 0 radical (unpaired) electrons. The number of ketones is 2. The van der Waals surface area contributed by atoms with Crippen LogP contribution in [-0.2, 0) is 15.9 Å². The average Bonchev–Trinajstić information content (AvgIpc) is 3.48. The second-order valence-corrected chi connectivity index (χ2v) is 9.37. The van der Waals surface area contributed by atoms with E-state index in [-0.39, 0.29) is 28.7 Å². The lowest BCUT2D eigenvalue weighted by Crippen LogP contribution is -3.17. The molecule has 1 spiro atoms. The minimum atomic E-state index is -0.419. The molecular weight excluding hydrogens is 448 g/mol. The van der Waals surface area contributed by atoms with Crippen molar-refractivity contribution in [3.05, 3.63) is 81.8 Å². The highest BCUT2D eigenvalue weighted by molar-refractivity contribution is 6.26. The standard InChI is InChI=1S/C26H28N4O5/c31-24-20-5-1-2-6-21(20)25(32)23-22(24)27-30(33)29(23)13-3-4-18-7-9-19(10-8-18)28-14-11-26(12-15-28)34-16-17-35-26/h1-2,5-10,27,30H,3-4,11-17H2. The largest absolute Gasteiger partial charge is 0.582 e. The van der Waals surface area contributed by atoms with Gasteiger partial charge in [0.25, 0.3) is 0 Å². The predicted molar refractivity (Wildman–Crippen MR) is 127 cm³/mol. The molecule has 1 atom stereocenters. The number of benzene rings is 2. The summed E-state index contributed by atoms with van der Waals surface area (Å²) in [5.74, 6) is -0.967. The number of hydrogen-bond donors (Lipinski definition) is 2. The van der Waals surface area contributed by atoms with E-state index in [1.807, 2.05) is 0 Å². The van der Waals surface area contributed by atoms with Crippen LogP contribution in [0.15, 0.2) is 59.9 Å². The van der Waals surface area contributed by atoms with Crippen LogP contribution < -0.4 is 15.6 Å². The summed E-state index contributed by atoms with van der Waals surface area (Å²) in [7, 11) is 0. The van der Waals surface area contributed by atoms with E-state index in [1.54, 1.807) is 24.3 Å². The quantitative estimate of drug-likeness (QED) is 0.625. The summed E-state index contributed by atoms with van der Waals surface area (Å²) in [6.45, 7) is 3.53. The van der Waals surface area contributed by atoms with E-state index in [9.17, 15) is 14.8 Å². The zero-order valence-electron chi connectivity index (χ0n) is 19.4. The number of Topliss-reactive ketones (excluding diaryl/α,β-unsaturated/α-hetero) is 2. The van der Waals surface area contributed by atoms with Crippen molar-refractivity contribution in [2.24, 2.45) is 0 Å². The van der Waals surface area contributed by atoms with Crippen LogP contribution in [0.1, 0.15) is 45.5 Å². The first-order valence-electron chi connectivity index (χ1n) is 12.2. The molecule has 3 aliphatic heterocycles. The Kier molecular flexibility index (Phi) is 5.57. The monoisotopic (exact) mass is 476 g/mol. The zero-order valence-corrected chi connectivity index (χ0v) is 19.4. The van der Waals surface area contributed by atoms with Crippen molar-refractivity contribution in [1.29, 1.82) is 0 Å². The van der Waals surface area contributed by atoms with Gasteiger partial charge in [-0.05, 0) is 30.5 Å². The summed E-state index contributed by atoms with van der Waals surface area (Å²) in [5, 5.41) is 13.6. The lowest BCUT2D eigenvalue weighted by Gasteiger charge is -2.38. The number of piperidine rings is 1. The Morgan fingerprint density at radius 2 is 1.60 bits per heavy atom. The fraction of sp³-hybridized carbons (Fsp3) is 0.385. The molecule has 2 aromatic rings. The van der Waals surface area contributed by atoms with E-state index < -0.39 is 5.28 Å². The van der Waals surface area contributed by atoms with Gasteiger partial charge in [-0.2, -0.15) is 10.3 Å². The minimum absolute atomic E-state index is 0.0970. The molecule has 2 N–H and O–H groups in total. The Balaban J connectivity index is 1.07. The van der Waals surface area contributed by atoms with Crippen LogP contribution in [0.25, 0.3) is 0 Å². The number of carbonyl (C=O) groups excluding carboxylic acids is 2. The van der Waals surface area contributed by atoms with Gasteiger partial charge in [0.1, 0.15) is 0 Å². The number of allylic oxidation sites excluding steroid dienone is 2. The molecule has 2 aromatic carbocycles. The van der Waals surface area contributed by atoms with Crippen molar-refractivity contribution in [1.82, 2.24) is 10.4 Å². The van der Waals surface area contributed by atoms with Gasteiger partial charge in [0.05, 0.1) is 19.8 Å². The lowest BCUT2D eigenvalue weighted by molar-refractivity contribution is -0.993. The number of quaternary nitrogens is 1. The molecule has 0 aromatic heterocycles. The maximum absolute atomic E-state index is 13.0. The van der Waals surface area contributed by atoms with Crippen LogP contribution in [-0.4, -0.2) is 55.2 Å². The van der Waals surface area contributed by atoms with Crippen LogP contribution in [0.4, 0.5) is 5.69 Å². The molecule has 9 nitrogen and oxygen atoms in total. The summed E-state index contributed by atoms with van der Waals surface area (Å²) < 4.78 is 11.6.